The van der Waals surface area contributed by atoms with E-state index < -0.39 is 17.5 Å². The Kier molecular flexibility index (Phi) is 5.57. The lowest BCUT2D eigenvalue weighted by Crippen LogP contribution is -2.49. The lowest BCUT2D eigenvalue weighted by Gasteiger charge is -2.35. The summed E-state index contributed by atoms with van der Waals surface area (Å²) in [7, 11) is 0. The second kappa shape index (κ2) is 8.28. The molecule has 0 saturated carbocycles. The SMILES string of the molecule is Cc1cc(N2CCOCC2)nc(N2CCN(C(=O)c3ccc(F)cc3F)CC2)n1. The van der Waals surface area contributed by atoms with Crippen molar-refractivity contribution in [2.75, 3.05) is 62.3 Å². The number of rotatable bonds is 3. The van der Waals surface area contributed by atoms with Crippen LogP contribution < -0.4 is 9.80 Å². The summed E-state index contributed by atoms with van der Waals surface area (Å²) in [6.45, 7) is 6.80. The number of morpholine rings is 1. The van der Waals surface area contributed by atoms with Crippen LogP contribution in [0.15, 0.2) is 24.3 Å². The Bertz CT molecular complexity index is 896. The number of carbonyl (C=O) groups excluding carboxylic acids is 1. The maximum Gasteiger partial charge on any atom is 0.256 e. The van der Waals surface area contributed by atoms with Gasteiger partial charge in [0, 0.05) is 57.1 Å². The van der Waals surface area contributed by atoms with Gasteiger partial charge in [-0.15, -0.1) is 0 Å². The molecule has 9 heteroatoms. The number of aryl methyl sites for hydroxylation is 1. The summed E-state index contributed by atoms with van der Waals surface area (Å²) < 4.78 is 32.4. The van der Waals surface area contributed by atoms with Crippen LogP contribution >= 0.6 is 0 Å². The predicted molar refractivity (Wildman–Crippen MR) is 104 cm³/mol. The number of benzene rings is 1. The van der Waals surface area contributed by atoms with Crippen molar-refractivity contribution in [3.05, 3.63) is 47.2 Å². The van der Waals surface area contributed by atoms with E-state index in [1.54, 1.807) is 4.90 Å². The van der Waals surface area contributed by atoms with E-state index >= 15 is 0 Å². The molecule has 154 valence electrons. The highest BCUT2D eigenvalue weighted by molar-refractivity contribution is 5.94. The molecule has 4 rings (SSSR count). The summed E-state index contributed by atoms with van der Waals surface area (Å²) in [5.41, 5.74) is 0.768. The normalized spacial score (nSPS) is 17.6. The summed E-state index contributed by atoms with van der Waals surface area (Å²) in [5, 5.41) is 0. The molecule has 0 spiro atoms. The summed E-state index contributed by atoms with van der Waals surface area (Å²) in [6, 6.07) is 4.99. The first kappa shape index (κ1) is 19.5. The van der Waals surface area contributed by atoms with Gasteiger partial charge in [-0.1, -0.05) is 0 Å². The molecule has 0 atom stereocenters. The van der Waals surface area contributed by atoms with Crippen molar-refractivity contribution in [3.8, 4) is 0 Å². The lowest BCUT2D eigenvalue weighted by molar-refractivity contribution is 0.0741. The molecule has 2 aliphatic heterocycles. The van der Waals surface area contributed by atoms with E-state index in [0.717, 1.165) is 36.7 Å². The maximum absolute atomic E-state index is 13.9. The predicted octanol–water partition coefficient (Wildman–Crippen LogP) is 1.86. The first-order valence-corrected chi connectivity index (χ1v) is 9.69. The van der Waals surface area contributed by atoms with Crippen molar-refractivity contribution in [1.29, 1.82) is 0 Å². The zero-order valence-electron chi connectivity index (χ0n) is 16.3. The molecule has 2 aromatic rings. The van der Waals surface area contributed by atoms with Crippen LogP contribution in [-0.4, -0.2) is 73.3 Å². The fraction of sp³-hybridized carbons (Fsp3) is 0.450. The number of nitrogens with zero attached hydrogens (tertiary/aromatic N) is 5. The van der Waals surface area contributed by atoms with E-state index in [1.165, 1.54) is 6.07 Å². The number of hydrogen-bond acceptors (Lipinski definition) is 6. The summed E-state index contributed by atoms with van der Waals surface area (Å²) in [4.78, 5) is 27.6. The number of hydrogen-bond donors (Lipinski definition) is 0. The molecule has 2 saturated heterocycles. The van der Waals surface area contributed by atoms with Crippen molar-refractivity contribution in [3.63, 3.8) is 0 Å². The molecule has 0 unspecified atom stereocenters. The van der Waals surface area contributed by atoms with Crippen LogP contribution in [0.1, 0.15) is 16.1 Å². The van der Waals surface area contributed by atoms with E-state index in [1.807, 2.05) is 17.9 Å². The van der Waals surface area contributed by atoms with Gasteiger partial charge in [0.15, 0.2) is 0 Å². The second-order valence-electron chi connectivity index (χ2n) is 7.17. The standard InChI is InChI=1S/C20H23F2N5O2/c1-14-12-18(25-8-10-29-11-9-25)24-20(23-14)27-6-4-26(5-7-27)19(28)16-3-2-15(21)13-17(16)22/h2-3,12-13H,4-11H2,1H3. The molecule has 0 bridgehead atoms. The first-order chi connectivity index (χ1) is 14.0. The van der Waals surface area contributed by atoms with E-state index in [2.05, 4.69) is 9.88 Å². The van der Waals surface area contributed by atoms with Crippen LogP contribution in [0.2, 0.25) is 0 Å². The molecular formula is C20H23F2N5O2. The average molecular weight is 403 g/mol. The average Bonchev–Trinajstić information content (AvgIpc) is 2.74. The van der Waals surface area contributed by atoms with Crippen LogP contribution in [0.3, 0.4) is 0 Å². The van der Waals surface area contributed by atoms with Gasteiger partial charge in [0.1, 0.15) is 17.5 Å². The monoisotopic (exact) mass is 403 g/mol. The molecule has 3 heterocycles. The minimum Gasteiger partial charge on any atom is -0.378 e. The topological polar surface area (TPSA) is 61.8 Å². The molecular weight excluding hydrogens is 380 g/mol. The molecule has 2 fully saturated rings. The molecule has 0 aliphatic carbocycles. The van der Waals surface area contributed by atoms with E-state index in [-0.39, 0.29) is 5.56 Å². The zero-order valence-corrected chi connectivity index (χ0v) is 16.3. The maximum atomic E-state index is 13.9. The molecule has 0 radical (unpaired) electrons. The molecule has 0 N–H and O–H groups in total. The summed E-state index contributed by atoms with van der Waals surface area (Å²) in [5.74, 6) is -0.457. The van der Waals surface area contributed by atoms with Crippen molar-refractivity contribution in [2.24, 2.45) is 0 Å². The zero-order chi connectivity index (χ0) is 20.4. The Morgan fingerprint density at radius 1 is 0.966 bits per heavy atom. The van der Waals surface area contributed by atoms with Gasteiger partial charge in [0.25, 0.3) is 5.91 Å². The highest BCUT2D eigenvalue weighted by Gasteiger charge is 2.26. The van der Waals surface area contributed by atoms with E-state index in [0.29, 0.717) is 45.3 Å². The molecule has 1 amide bonds. The smallest absolute Gasteiger partial charge is 0.256 e. The highest BCUT2D eigenvalue weighted by atomic mass is 19.1. The quantitative estimate of drug-likeness (QED) is 0.780. The number of anilines is 2. The Morgan fingerprint density at radius 2 is 1.69 bits per heavy atom. The Labute approximate surface area is 167 Å². The van der Waals surface area contributed by atoms with Crippen molar-refractivity contribution >= 4 is 17.7 Å². The molecule has 1 aromatic heterocycles. The van der Waals surface area contributed by atoms with Gasteiger partial charge < -0.3 is 19.4 Å². The summed E-state index contributed by atoms with van der Waals surface area (Å²) in [6.07, 6.45) is 0. The molecule has 7 nitrogen and oxygen atoms in total. The van der Waals surface area contributed by atoms with E-state index in [4.69, 9.17) is 9.72 Å². The van der Waals surface area contributed by atoms with Crippen molar-refractivity contribution in [2.45, 2.75) is 6.92 Å². The second-order valence-corrected chi connectivity index (χ2v) is 7.17. The van der Waals surface area contributed by atoms with Crippen LogP contribution in [0, 0.1) is 18.6 Å². The number of ether oxygens (including phenoxy) is 1. The van der Waals surface area contributed by atoms with Crippen molar-refractivity contribution < 1.29 is 18.3 Å². The van der Waals surface area contributed by atoms with Crippen molar-refractivity contribution in [1.82, 2.24) is 14.9 Å². The van der Waals surface area contributed by atoms with Gasteiger partial charge in [-0.25, -0.2) is 13.8 Å². The van der Waals surface area contributed by atoms with Crippen LogP contribution in [0.5, 0.6) is 0 Å². The third-order valence-corrected chi connectivity index (χ3v) is 5.18. The van der Waals surface area contributed by atoms with Gasteiger partial charge in [-0.2, -0.15) is 4.98 Å². The van der Waals surface area contributed by atoms with Crippen LogP contribution in [-0.2, 0) is 4.74 Å². The fourth-order valence-corrected chi connectivity index (χ4v) is 3.58. The minimum absolute atomic E-state index is 0.110. The highest BCUT2D eigenvalue weighted by Crippen LogP contribution is 2.20. The van der Waals surface area contributed by atoms with Crippen LogP contribution in [0.4, 0.5) is 20.5 Å². The molecule has 29 heavy (non-hydrogen) atoms. The summed E-state index contributed by atoms with van der Waals surface area (Å²) >= 11 is 0. The third-order valence-electron chi connectivity index (χ3n) is 5.18. The third kappa shape index (κ3) is 4.29. The van der Waals surface area contributed by atoms with Gasteiger partial charge in [-0.3, -0.25) is 4.79 Å². The van der Waals surface area contributed by atoms with Gasteiger partial charge >= 0.3 is 0 Å². The Balaban J connectivity index is 1.44. The molecule has 2 aliphatic rings. The number of carbonyl (C=O) groups is 1. The van der Waals surface area contributed by atoms with E-state index in [9.17, 15) is 13.6 Å². The minimum atomic E-state index is -0.838. The number of halogens is 2. The first-order valence-electron chi connectivity index (χ1n) is 9.69. The lowest BCUT2D eigenvalue weighted by atomic mass is 10.1. The Morgan fingerprint density at radius 3 is 2.38 bits per heavy atom. The number of piperazine rings is 1. The number of aromatic nitrogens is 2. The Hall–Kier alpha value is -2.81. The fourth-order valence-electron chi connectivity index (χ4n) is 3.58. The largest absolute Gasteiger partial charge is 0.378 e. The van der Waals surface area contributed by atoms with Crippen LogP contribution in [0.25, 0.3) is 0 Å². The number of amides is 1. The van der Waals surface area contributed by atoms with Gasteiger partial charge in [0.2, 0.25) is 5.95 Å². The van der Waals surface area contributed by atoms with Gasteiger partial charge in [0.05, 0.1) is 18.8 Å². The molecule has 1 aromatic carbocycles. The van der Waals surface area contributed by atoms with Gasteiger partial charge in [-0.05, 0) is 19.1 Å².